The van der Waals surface area contributed by atoms with Crippen molar-refractivity contribution in [3.8, 4) is 11.1 Å². The maximum Gasteiger partial charge on any atom is 0.408 e. The van der Waals surface area contributed by atoms with E-state index in [0.29, 0.717) is 101 Å². The quantitative estimate of drug-likeness (QED) is 0.0367. The fraction of sp³-hybridized carbons (Fsp3) is 0.588. The van der Waals surface area contributed by atoms with Crippen molar-refractivity contribution in [1.29, 1.82) is 0 Å². The van der Waals surface area contributed by atoms with Crippen molar-refractivity contribution >= 4 is 102 Å². The molecule has 0 bridgehead atoms. The molecule has 4 aromatic rings. The van der Waals surface area contributed by atoms with E-state index in [2.05, 4.69) is 46.1 Å². The maximum absolute atomic E-state index is 14.4. The number of benzene rings is 4. The number of fused-ring (bicyclic) bond motifs is 6. The Morgan fingerprint density at radius 3 is 1.01 bits per heavy atom. The number of nitrogens with one attached hydrogen (secondary N) is 9. The lowest BCUT2D eigenvalue weighted by molar-refractivity contribution is -0.141. The molecule has 0 radical (unpaired) electrons. The highest BCUT2D eigenvalue weighted by atomic mass is 32.2. The van der Waals surface area contributed by atoms with Crippen LogP contribution in [0.15, 0.2) is 152 Å². The summed E-state index contributed by atoms with van der Waals surface area (Å²) in [7, 11) is -11.6. The molecule has 0 spiro atoms. The molecule has 6 aliphatic heterocycles. The molecule has 12 aliphatic rings. The average molecular weight is 1990 g/mol. The second kappa shape index (κ2) is 42.2. The van der Waals surface area contributed by atoms with E-state index in [4.69, 9.17) is 14.2 Å². The van der Waals surface area contributed by atoms with Gasteiger partial charge in [0.2, 0.25) is 65.5 Å². The van der Waals surface area contributed by atoms with Crippen LogP contribution in [0.2, 0.25) is 0 Å². The third-order valence-electron chi connectivity index (χ3n) is 27.9. The van der Waals surface area contributed by atoms with Crippen LogP contribution in [0, 0.1) is 17.8 Å². The number of rotatable bonds is 16. The van der Waals surface area contributed by atoms with E-state index < -0.39 is 204 Å². The molecule has 11 N–H and O–H groups in total. The van der Waals surface area contributed by atoms with Crippen molar-refractivity contribution in [2.24, 2.45) is 17.8 Å². The molecule has 140 heavy (non-hydrogen) atoms. The van der Waals surface area contributed by atoms with Crippen LogP contribution in [0.1, 0.15) is 258 Å². The largest absolute Gasteiger partial charge is 0.444 e. The lowest BCUT2D eigenvalue weighted by Gasteiger charge is -2.30. The number of ether oxygens (including phenoxy) is 3. The maximum atomic E-state index is 14.4. The van der Waals surface area contributed by atoms with Gasteiger partial charge in [0, 0.05) is 43.1 Å². The van der Waals surface area contributed by atoms with E-state index in [1.165, 1.54) is 14.7 Å². The Bertz CT molecular complexity index is 5740. The van der Waals surface area contributed by atoms with Crippen LogP contribution < -0.4 is 46.1 Å². The van der Waals surface area contributed by atoms with Gasteiger partial charge in [-0.15, -0.1) is 0 Å². The first-order valence-corrected chi connectivity index (χ1v) is 53.9. The first-order valence-electron chi connectivity index (χ1n) is 49.3. The van der Waals surface area contributed by atoms with E-state index in [0.717, 1.165) is 61.6 Å². The van der Waals surface area contributed by atoms with Gasteiger partial charge in [-0.3, -0.25) is 57.3 Å². The number of allylic oxidation sites excluding steroid dienone is 3. The molecule has 35 nitrogen and oxygen atoms in total. The topological polar surface area (TPSA) is 493 Å². The van der Waals surface area contributed by atoms with E-state index in [9.17, 15) is 93.0 Å². The molecule has 4 aromatic carbocycles. The SMILES string of the molecule is CC(C)(C)OC(=O)N[C@H]1CCCCC/C=C\C2C[C@@]2(C(=O)NS(=O)(=O)C2CC2)NC(=O)[C@@H]2C[C@@H](c3ccccc3)CN2C1=O.CC(C)(C)OC(=O)N[C@H]1CCCCC/C=C\[C@@H]2C[C@@]2(C(=O)NS(=O)(=O)C2CC2)NC(=O)[C@@H]2C[C@@](O)(c3ccc(-c4ccccc4)cc3)CN2C1=O.CC(C)(C)OC(=O)N[C@H]1CCCCC/C=C\[C@@H]2C[C@@]2(C(=O)NS(=O)(=O)C2CC2)NC(=O)[C@@H]2C[C@@](O)(c3ccccc3)CN2C1=O. The highest BCUT2D eigenvalue weighted by Gasteiger charge is 2.66. The summed E-state index contributed by atoms with van der Waals surface area (Å²) in [6.45, 7) is 15.3. The molecule has 0 aromatic heterocycles. The van der Waals surface area contributed by atoms with Crippen LogP contribution in [0.3, 0.4) is 0 Å². The number of sulfonamides is 3. The highest BCUT2D eigenvalue weighted by molar-refractivity contribution is 7.91. The first kappa shape index (κ1) is 105. The zero-order chi connectivity index (χ0) is 101. The zero-order valence-electron chi connectivity index (χ0n) is 81.2. The molecule has 3 saturated heterocycles. The lowest BCUT2D eigenvalue weighted by atomic mass is 9.89. The smallest absolute Gasteiger partial charge is 0.408 e. The molecule has 760 valence electrons. The third kappa shape index (κ3) is 26.1. The molecular weight excluding hydrogens is 1860 g/mol. The second-order valence-electron chi connectivity index (χ2n) is 42.7. The molecule has 6 heterocycles. The van der Waals surface area contributed by atoms with E-state index >= 15 is 0 Å². The predicted molar refractivity (Wildman–Crippen MR) is 519 cm³/mol. The standard InChI is InChI=1S/C38H48N4O8S.C32H44N4O8S.C32H44N4O7S/c1-36(2,3)50-35(46)39-30-15-11-6-4-5-10-14-28-22-38(28,34(45)41-51(48,49)29-20-21-29)40-32(43)31-23-37(47,24-42(31)33(30)44)27-18-16-26(17-19-27)25-12-8-7-9-13-25;1-30(2,3)44-29(40)33-24-15-11-6-4-5-8-14-22-18-32(22,28(39)35-45(42,43)23-16-17-23)34-26(37)25-19-31(41,20-36(25)27(24)38)21-12-9-7-10-13-21;1-31(2,3)43-30(40)33-25-15-11-6-4-5-10-14-23-19-32(23,29(39)35-44(41,42)24-16-17-24)34-27(37)26-18-22(20-36(26)28(25)38)21-12-8-7-9-13-21/h7-10,12-14,16-19,28-31,47H,4-6,11,15,20-24H2,1-3H3,(H,39,46)(H,40,43)(H,41,45);7-10,12-14,22-25,41H,4-6,11,15-20H2,1-3H3,(H,33,40)(H,34,37)(H,35,39);7-10,12-14,22-26H,4-6,11,15-20H2,1-3H3,(H,33,40)(H,34,37)(H,35,39)/b14-10-;14-8-;14-10-/t28-,30+,31+,37+,38-;22-,24+,25+,31+,32-;22-,23?,25+,26+,32-/m111/s1. The summed E-state index contributed by atoms with van der Waals surface area (Å²) in [5.41, 5.74) is -6.17. The molecule has 9 fully saturated rings. The summed E-state index contributed by atoms with van der Waals surface area (Å²) in [6, 6.07) is 29.0. The van der Waals surface area contributed by atoms with Crippen molar-refractivity contribution in [1.82, 2.24) is 60.8 Å². The number of carbonyl (C=O) groups excluding carboxylic acids is 12. The Morgan fingerprint density at radius 1 is 0.371 bits per heavy atom. The van der Waals surface area contributed by atoms with Gasteiger partial charge in [-0.25, -0.2) is 39.6 Å². The first-order chi connectivity index (χ1) is 66.0. The monoisotopic (exact) mass is 1990 g/mol. The number of alkyl carbamates (subject to hydrolysis) is 3. The summed E-state index contributed by atoms with van der Waals surface area (Å²) >= 11 is 0. The van der Waals surface area contributed by atoms with Crippen LogP contribution in [-0.4, -0.2) is 227 Å². The minimum Gasteiger partial charge on any atom is -0.444 e. The number of carbonyl (C=O) groups is 12. The van der Waals surface area contributed by atoms with Crippen molar-refractivity contribution in [3.63, 3.8) is 0 Å². The summed E-state index contributed by atoms with van der Waals surface area (Å²) in [5, 5.41) is 38.9. The van der Waals surface area contributed by atoms with E-state index in [-0.39, 0.29) is 75.9 Å². The molecule has 12 amide bonds. The molecule has 38 heteroatoms. The average Bonchev–Trinajstić information content (AvgIpc) is 1.51. The molecule has 6 saturated carbocycles. The van der Waals surface area contributed by atoms with Gasteiger partial charge in [0.15, 0.2) is 0 Å². The van der Waals surface area contributed by atoms with Gasteiger partial charge in [-0.2, -0.15) is 0 Å². The molecule has 16 rings (SSSR count). The fourth-order valence-electron chi connectivity index (χ4n) is 19.5. The number of nitrogens with zero attached hydrogens (tertiary/aromatic N) is 3. The fourth-order valence-corrected chi connectivity index (χ4v) is 23.6. The number of hydrogen-bond acceptors (Lipinski definition) is 23. The number of hydrogen-bond donors (Lipinski definition) is 11. The van der Waals surface area contributed by atoms with Crippen molar-refractivity contribution in [2.45, 2.75) is 338 Å². The van der Waals surface area contributed by atoms with Crippen LogP contribution in [0.25, 0.3) is 11.1 Å². The Hall–Kier alpha value is -11.1. The van der Waals surface area contributed by atoms with Gasteiger partial charge in [0.1, 0.15) is 80.9 Å². The van der Waals surface area contributed by atoms with Crippen molar-refractivity contribution in [2.75, 3.05) is 19.6 Å². The van der Waals surface area contributed by atoms with E-state index in [1.54, 1.807) is 105 Å². The van der Waals surface area contributed by atoms with Crippen molar-refractivity contribution < 1.29 is 107 Å². The van der Waals surface area contributed by atoms with Gasteiger partial charge in [-0.1, -0.05) is 190 Å². The predicted octanol–water partition coefficient (Wildman–Crippen LogP) is 9.68. The zero-order valence-corrected chi connectivity index (χ0v) is 83.6. The Kier molecular flexibility index (Phi) is 31.6. The van der Waals surface area contributed by atoms with Crippen LogP contribution in [0.5, 0.6) is 0 Å². The number of aliphatic hydroxyl groups is 2. The van der Waals surface area contributed by atoms with Gasteiger partial charge in [0.05, 0.1) is 28.8 Å². The number of amides is 12. The van der Waals surface area contributed by atoms with Crippen LogP contribution in [-0.2, 0) is 98.6 Å². The molecule has 15 atom stereocenters. The normalized spacial score (nSPS) is 30.5. The minimum absolute atomic E-state index is 0.146. The Labute approximate surface area is 819 Å². The van der Waals surface area contributed by atoms with E-state index in [1.807, 2.05) is 109 Å². The van der Waals surface area contributed by atoms with Gasteiger partial charge < -0.3 is 71.0 Å². The molecule has 1 unspecified atom stereocenters. The second-order valence-corrected chi connectivity index (χ2v) is 48.6. The summed E-state index contributed by atoms with van der Waals surface area (Å²) in [5.74, 6) is -7.13. The lowest BCUT2D eigenvalue weighted by Crippen LogP contribution is -2.58. The summed E-state index contributed by atoms with van der Waals surface area (Å²) in [4.78, 5) is 169. The third-order valence-corrected chi connectivity index (χ3v) is 33.4. The van der Waals surface area contributed by atoms with Gasteiger partial charge in [-0.05, 0) is 212 Å². The van der Waals surface area contributed by atoms with Crippen LogP contribution in [0.4, 0.5) is 14.4 Å². The molecule has 6 aliphatic carbocycles. The van der Waals surface area contributed by atoms with Crippen molar-refractivity contribution in [3.05, 3.63) is 168 Å². The van der Waals surface area contributed by atoms with Gasteiger partial charge >= 0.3 is 18.3 Å². The van der Waals surface area contributed by atoms with Crippen LogP contribution >= 0.6 is 0 Å². The summed E-state index contributed by atoms with van der Waals surface area (Å²) in [6.07, 6.45) is 22.4. The van der Waals surface area contributed by atoms with Gasteiger partial charge in [0.25, 0.3) is 17.7 Å². The Morgan fingerprint density at radius 2 is 0.679 bits per heavy atom. The molecular formula is C102H136N12O23S3. The highest BCUT2D eigenvalue weighted by Crippen LogP contribution is 2.51. The summed E-state index contributed by atoms with van der Waals surface area (Å²) < 4.78 is 99.2. The minimum atomic E-state index is -3.90. The Balaban J connectivity index is 0.000000168.